The van der Waals surface area contributed by atoms with E-state index in [1.54, 1.807) is 13.8 Å². The molecule has 4 heteroatoms. The molecular weight excluding hydrogens is 198 g/mol. The number of nitriles is 1. The minimum atomic E-state index is -0.751. The molecule has 0 saturated carbocycles. The first kappa shape index (κ1) is 11.6. The van der Waals surface area contributed by atoms with Crippen molar-refractivity contribution in [3.05, 3.63) is 35.4 Å². The van der Waals surface area contributed by atoms with Crippen LogP contribution in [0.1, 0.15) is 19.4 Å². The van der Waals surface area contributed by atoms with Gasteiger partial charge < -0.3 is 0 Å². The van der Waals surface area contributed by atoms with Gasteiger partial charge in [-0.3, -0.25) is 5.32 Å². The second-order valence-corrected chi connectivity index (χ2v) is 3.83. The molecule has 0 heterocycles. The summed E-state index contributed by atoms with van der Waals surface area (Å²) in [5.74, 6) is -0.958. The first-order valence-corrected chi connectivity index (χ1v) is 4.55. The van der Waals surface area contributed by atoms with Gasteiger partial charge in [0.15, 0.2) is 0 Å². The van der Waals surface area contributed by atoms with Crippen molar-refractivity contribution in [1.29, 1.82) is 5.26 Å². The van der Waals surface area contributed by atoms with Crippen molar-refractivity contribution in [3.63, 3.8) is 0 Å². The van der Waals surface area contributed by atoms with E-state index in [0.717, 1.165) is 18.2 Å². The fourth-order valence-electron chi connectivity index (χ4n) is 1.03. The maximum Gasteiger partial charge on any atom is 0.127 e. The van der Waals surface area contributed by atoms with Gasteiger partial charge >= 0.3 is 0 Å². The molecule has 0 fully saturated rings. The molecule has 0 aliphatic rings. The molecule has 1 aromatic carbocycles. The van der Waals surface area contributed by atoms with Crippen molar-refractivity contribution in [1.82, 2.24) is 5.32 Å². The van der Waals surface area contributed by atoms with Gasteiger partial charge in [-0.2, -0.15) is 5.26 Å². The third kappa shape index (κ3) is 3.30. The molecule has 2 nitrogen and oxygen atoms in total. The third-order valence-corrected chi connectivity index (χ3v) is 2.01. The Morgan fingerprint density at radius 2 is 2.07 bits per heavy atom. The topological polar surface area (TPSA) is 35.8 Å². The van der Waals surface area contributed by atoms with Gasteiger partial charge in [0, 0.05) is 12.1 Å². The lowest BCUT2D eigenvalue weighted by atomic mass is 10.1. The maximum absolute atomic E-state index is 13.2. The van der Waals surface area contributed by atoms with Gasteiger partial charge in [-0.05, 0) is 32.0 Å². The maximum atomic E-state index is 13.2. The number of nitrogens with zero attached hydrogens (tertiary/aromatic N) is 1. The van der Waals surface area contributed by atoms with E-state index in [-0.39, 0.29) is 12.1 Å². The Morgan fingerprint density at radius 3 is 2.67 bits per heavy atom. The van der Waals surface area contributed by atoms with E-state index in [0.29, 0.717) is 0 Å². The van der Waals surface area contributed by atoms with Crippen LogP contribution in [0.15, 0.2) is 18.2 Å². The van der Waals surface area contributed by atoms with Gasteiger partial charge in [0.25, 0.3) is 0 Å². The molecule has 0 spiro atoms. The van der Waals surface area contributed by atoms with Gasteiger partial charge in [-0.25, -0.2) is 8.78 Å². The summed E-state index contributed by atoms with van der Waals surface area (Å²) in [6.45, 7) is 3.47. The van der Waals surface area contributed by atoms with Crippen molar-refractivity contribution in [2.45, 2.75) is 25.9 Å². The summed E-state index contributed by atoms with van der Waals surface area (Å²) in [6.07, 6.45) is 0. The van der Waals surface area contributed by atoms with Gasteiger partial charge in [-0.15, -0.1) is 0 Å². The van der Waals surface area contributed by atoms with Crippen LogP contribution < -0.4 is 5.32 Å². The summed E-state index contributed by atoms with van der Waals surface area (Å²) in [4.78, 5) is 0. The van der Waals surface area contributed by atoms with Crippen LogP contribution in [0.3, 0.4) is 0 Å². The smallest absolute Gasteiger partial charge is 0.127 e. The van der Waals surface area contributed by atoms with Crippen LogP contribution in [0.4, 0.5) is 8.78 Å². The molecule has 1 rings (SSSR count). The average molecular weight is 210 g/mol. The number of rotatable bonds is 3. The lowest BCUT2D eigenvalue weighted by Crippen LogP contribution is -2.37. The normalized spacial score (nSPS) is 11.1. The van der Waals surface area contributed by atoms with Gasteiger partial charge in [0.2, 0.25) is 0 Å². The van der Waals surface area contributed by atoms with Crippen molar-refractivity contribution in [3.8, 4) is 6.07 Å². The summed E-state index contributed by atoms with van der Waals surface area (Å²) in [6, 6.07) is 5.28. The summed E-state index contributed by atoms with van der Waals surface area (Å²) in [7, 11) is 0. The van der Waals surface area contributed by atoms with Crippen LogP contribution in [0.2, 0.25) is 0 Å². The predicted molar refractivity (Wildman–Crippen MR) is 52.9 cm³/mol. The van der Waals surface area contributed by atoms with Crippen LogP contribution >= 0.6 is 0 Å². The van der Waals surface area contributed by atoms with Crippen molar-refractivity contribution < 1.29 is 8.78 Å². The summed E-state index contributed by atoms with van der Waals surface area (Å²) in [5, 5.41) is 11.5. The Balaban J connectivity index is 2.74. The van der Waals surface area contributed by atoms with E-state index in [4.69, 9.17) is 5.26 Å². The predicted octanol–water partition coefficient (Wildman–Crippen LogP) is 2.36. The monoisotopic (exact) mass is 210 g/mol. The SMILES string of the molecule is CC(C)(C#N)NCc1cc(F)ccc1F. The zero-order valence-corrected chi connectivity index (χ0v) is 8.64. The summed E-state index contributed by atoms with van der Waals surface area (Å²) in [5.41, 5.74) is -0.531. The van der Waals surface area contributed by atoms with E-state index < -0.39 is 17.2 Å². The number of halogens is 2. The van der Waals surface area contributed by atoms with Gasteiger partial charge in [0.05, 0.1) is 6.07 Å². The zero-order valence-electron chi connectivity index (χ0n) is 8.64. The van der Waals surface area contributed by atoms with Gasteiger partial charge in [0.1, 0.15) is 17.2 Å². The average Bonchev–Trinajstić information content (AvgIpc) is 2.20. The van der Waals surface area contributed by atoms with Crippen LogP contribution in [-0.2, 0) is 6.54 Å². The molecule has 80 valence electrons. The molecule has 0 aliphatic carbocycles. The highest BCUT2D eigenvalue weighted by Gasteiger charge is 2.16. The Morgan fingerprint density at radius 1 is 1.40 bits per heavy atom. The molecule has 0 saturated heterocycles. The van der Waals surface area contributed by atoms with E-state index in [9.17, 15) is 8.78 Å². The first-order valence-electron chi connectivity index (χ1n) is 4.55. The number of hydrogen-bond acceptors (Lipinski definition) is 2. The van der Waals surface area contributed by atoms with E-state index >= 15 is 0 Å². The Hall–Kier alpha value is -1.47. The highest BCUT2D eigenvalue weighted by molar-refractivity contribution is 5.19. The molecule has 0 radical (unpaired) electrons. The van der Waals surface area contributed by atoms with E-state index in [1.807, 2.05) is 6.07 Å². The Kier molecular flexibility index (Phi) is 3.38. The van der Waals surface area contributed by atoms with Crippen molar-refractivity contribution in [2.24, 2.45) is 0 Å². The van der Waals surface area contributed by atoms with Crippen LogP contribution in [-0.4, -0.2) is 5.54 Å². The molecular formula is C11H12F2N2. The third-order valence-electron chi connectivity index (χ3n) is 2.01. The lowest BCUT2D eigenvalue weighted by molar-refractivity contribution is 0.472. The second kappa shape index (κ2) is 4.37. The van der Waals surface area contributed by atoms with Crippen molar-refractivity contribution >= 4 is 0 Å². The number of nitrogens with one attached hydrogen (secondary N) is 1. The van der Waals surface area contributed by atoms with Crippen LogP contribution in [0.25, 0.3) is 0 Å². The van der Waals surface area contributed by atoms with Crippen molar-refractivity contribution in [2.75, 3.05) is 0 Å². The quantitative estimate of drug-likeness (QED) is 0.831. The van der Waals surface area contributed by atoms with E-state index in [1.165, 1.54) is 0 Å². The Labute approximate surface area is 87.5 Å². The molecule has 0 aliphatic heterocycles. The highest BCUT2D eigenvalue weighted by atomic mass is 19.1. The fraction of sp³-hybridized carbons (Fsp3) is 0.364. The number of benzene rings is 1. The minimum absolute atomic E-state index is 0.129. The second-order valence-electron chi connectivity index (χ2n) is 3.83. The lowest BCUT2D eigenvalue weighted by Gasteiger charge is -2.17. The summed E-state index contributed by atoms with van der Waals surface area (Å²) >= 11 is 0. The summed E-state index contributed by atoms with van der Waals surface area (Å²) < 4.78 is 25.9. The van der Waals surface area contributed by atoms with Gasteiger partial charge in [-0.1, -0.05) is 0 Å². The van der Waals surface area contributed by atoms with E-state index in [2.05, 4.69) is 5.32 Å². The largest absolute Gasteiger partial charge is 0.296 e. The zero-order chi connectivity index (χ0) is 11.5. The molecule has 1 N–H and O–H groups in total. The number of hydrogen-bond donors (Lipinski definition) is 1. The molecule has 0 aromatic heterocycles. The molecule has 0 unspecified atom stereocenters. The molecule has 0 atom stereocenters. The molecule has 1 aromatic rings. The fourth-order valence-corrected chi connectivity index (χ4v) is 1.03. The highest BCUT2D eigenvalue weighted by Crippen LogP contribution is 2.11. The first-order chi connectivity index (χ1) is 6.94. The molecule has 15 heavy (non-hydrogen) atoms. The standard InChI is InChI=1S/C11H12F2N2/c1-11(2,7-14)15-6-8-5-9(12)3-4-10(8)13/h3-5,15H,6H2,1-2H3. The minimum Gasteiger partial charge on any atom is -0.296 e. The molecule has 0 bridgehead atoms. The van der Waals surface area contributed by atoms with Crippen LogP contribution in [0, 0.1) is 23.0 Å². The Bertz CT molecular complexity index is 394. The molecule has 0 amide bonds. The van der Waals surface area contributed by atoms with Crippen LogP contribution in [0.5, 0.6) is 0 Å².